The third-order valence-electron chi connectivity index (χ3n) is 2.39. The monoisotopic (exact) mass is 322 g/mol. The molecular weight excluding hydrogens is 312 g/mol. The minimum Gasteiger partial charge on any atom is -0.495 e. The molecule has 2 rings (SSSR count). The van der Waals surface area contributed by atoms with Crippen LogP contribution in [-0.2, 0) is 6.54 Å². The third kappa shape index (κ3) is 3.03. The Bertz CT molecular complexity index is 589. The van der Waals surface area contributed by atoms with E-state index in [1.807, 2.05) is 30.3 Å². The number of benzene rings is 1. The molecule has 2 aromatic rings. The Morgan fingerprint density at radius 3 is 2.89 bits per heavy atom. The first kappa shape index (κ1) is 12.9. The maximum Gasteiger partial charge on any atom is 0.142 e. The number of anilines is 1. The van der Waals surface area contributed by atoms with Crippen LogP contribution in [0.1, 0.15) is 9.75 Å². The molecule has 0 aliphatic heterocycles. The number of ether oxygens (including phenoxy) is 1. The van der Waals surface area contributed by atoms with E-state index in [0.29, 0.717) is 6.54 Å². The smallest absolute Gasteiger partial charge is 0.142 e. The molecule has 0 amide bonds. The lowest BCUT2D eigenvalue weighted by molar-refractivity contribution is 0.416. The molecule has 1 aromatic carbocycles. The molecule has 92 valence electrons. The average Bonchev–Trinajstić information content (AvgIpc) is 2.84. The first-order valence-electron chi connectivity index (χ1n) is 5.29. The van der Waals surface area contributed by atoms with Gasteiger partial charge in [0.2, 0.25) is 0 Å². The summed E-state index contributed by atoms with van der Waals surface area (Å²) in [5.74, 6) is 0.801. The molecule has 0 aliphatic rings. The van der Waals surface area contributed by atoms with E-state index in [9.17, 15) is 0 Å². The lowest BCUT2D eigenvalue weighted by Gasteiger charge is -2.10. The van der Waals surface area contributed by atoms with Crippen molar-refractivity contribution in [2.45, 2.75) is 6.54 Å². The predicted molar refractivity (Wildman–Crippen MR) is 77.1 cm³/mol. The minimum absolute atomic E-state index is 0.680. The van der Waals surface area contributed by atoms with Crippen molar-refractivity contribution in [3.63, 3.8) is 0 Å². The van der Waals surface area contributed by atoms with Crippen molar-refractivity contribution >= 4 is 33.0 Å². The second-order valence-electron chi connectivity index (χ2n) is 3.58. The molecular formula is C13H11BrN2OS. The summed E-state index contributed by atoms with van der Waals surface area (Å²) in [7, 11) is 1.65. The van der Waals surface area contributed by atoms with Crippen LogP contribution in [0.5, 0.6) is 5.75 Å². The highest BCUT2D eigenvalue weighted by Crippen LogP contribution is 2.28. The predicted octanol–water partition coefficient (Wildman–Crippen LogP) is 4.00. The molecule has 5 heteroatoms. The second-order valence-corrected chi connectivity index (χ2v) is 5.66. The van der Waals surface area contributed by atoms with Gasteiger partial charge in [-0.15, -0.1) is 11.3 Å². The zero-order valence-corrected chi connectivity index (χ0v) is 12.1. The van der Waals surface area contributed by atoms with Crippen molar-refractivity contribution < 1.29 is 4.74 Å². The summed E-state index contributed by atoms with van der Waals surface area (Å²) in [5.41, 5.74) is 0.929. The van der Waals surface area contributed by atoms with Crippen molar-refractivity contribution in [2.75, 3.05) is 12.4 Å². The largest absolute Gasteiger partial charge is 0.495 e. The molecule has 0 bridgehead atoms. The fraction of sp³-hybridized carbons (Fsp3) is 0.154. The summed E-state index contributed by atoms with van der Waals surface area (Å²) in [6.45, 7) is 0.680. The number of halogens is 1. The van der Waals surface area contributed by atoms with Gasteiger partial charge in [-0.2, -0.15) is 5.26 Å². The van der Waals surface area contributed by atoms with Crippen LogP contribution >= 0.6 is 27.3 Å². The van der Waals surface area contributed by atoms with Gasteiger partial charge in [0, 0.05) is 15.9 Å². The van der Waals surface area contributed by atoms with Gasteiger partial charge in [0.05, 0.1) is 12.8 Å². The van der Waals surface area contributed by atoms with Gasteiger partial charge in [-0.25, -0.2) is 0 Å². The topological polar surface area (TPSA) is 45.0 Å². The maximum absolute atomic E-state index is 8.77. The van der Waals surface area contributed by atoms with Gasteiger partial charge in [-0.05, 0) is 30.3 Å². The lowest BCUT2D eigenvalue weighted by Crippen LogP contribution is -1.99. The fourth-order valence-corrected chi connectivity index (χ4v) is 2.64. The fourth-order valence-electron chi connectivity index (χ4n) is 1.53. The Morgan fingerprint density at radius 2 is 2.22 bits per heavy atom. The second kappa shape index (κ2) is 5.89. The number of hydrogen-bond acceptors (Lipinski definition) is 4. The molecule has 1 aromatic heterocycles. The van der Waals surface area contributed by atoms with E-state index in [1.54, 1.807) is 7.11 Å². The summed E-state index contributed by atoms with van der Waals surface area (Å²) in [5, 5.41) is 12.1. The van der Waals surface area contributed by atoms with Crippen molar-refractivity contribution in [1.82, 2.24) is 0 Å². The van der Waals surface area contributed by atoms with Gasteiger partial charge in [-0.1, -0.05) is 15.9 Å². The van der Waals surface area contributed by atoms with Crippen LogP contribution in [0, 0.1) is 11.3 Å². The van der Waals surface area contributed by atoms with Gasteiger partial charge < -0.3 is 10.1 Å². The molecule has 0 saturated carbocycles. The molecule has 0 atom stereocenters. The first-order valence-corrected chi connectivity index (χ1v) is 6.90. The number of methoxy groups -OCH3 is 1. The Morgan fingerprint density at radius 1 is 1.39 bits per heavy atom. The summed E-state index contributed by atoms with van der Waals surface area (Å²) in [6, 6.07) is 11.7. The highest BCUT2D eigenvalue weighted by molar-refractivity contribution is 9.10. The highest BCUT2D eigenvalue weighted by atomic mass is 79.9. The number of hydrogen-bond donors (Lipinski definition) is 1. The van der Waals surface area contributed by atoms with Crippen molar-refractivity contribution in [1.29, 1.82) is 5.26 Å². The molecule has 0 fully saturated rings. The molecule has 0 radical (unpaired) electrons. The van der Waals surface area contributed by atoms with Crippen LogP contribution < -0.4 is 10.1 Å². The third-order valence-corrected chi connectivity index (χ3v) is 3.87. The van der Waals surface area contributed by atoms with Crippen molar-refractivity contribution in [3.05, 3.63) is 44.6 Å². The quantitative estimate of drug-likeness (QED) is 0.925. The van der Waals surface area contributed by atoms with Crippen molar-refractivity contribution in [3.8, 4) is 11.8 Å². The molecule has 1 heterocycles. The molecule has 0 aliphatic carbocycles. The normalized spacial score (nSPS) is 9.83. The molecule has 1 N–H and O–H groups in total. The Balaban J connectivity index is 2.10. The van der Waals surface area contributed by atoms with Crippen LogP contribution in [0.2, 0.25) is 0 Å². The SMILES string of the molecule is COc1ccc(Br)cc1NCc1ccc(C#N)s1. The average molecular weight is 323 g/mol. The number of thiophene rings is 1. The number of nitriles is 1. The Kier molecular flexibility index (Phi) is 4.24. The highest BCUT2D eigenvalue weighted by Gasteiger charge is 2.04. The summed E-state index contributed by atoms with van der Waals surface area (Å²) < 4.78 is 6.28. The van der Waals surface area contributed by atoms with Crippen LogP contribution in [-0.4, -0.2) is 7.11 Å². The zero-order chi connectivity index (χ0) is 13.0. The van der Waals surface area contributed by atoms with E-state index in [-0.39, 0.29) is 0 Å². The zero-order valence-electron chi connectivity index (χ0n) is 9.74. The Hall–Kier alpha value is -1.51. The standard InChI is InChI=1S/C13H11BrN2OS/c1-17-13-5-2-9(14)6-12(13)16-8-11-4-3-10(7-15)18-11/h2-6,16H,8H2,1H3. The van der Waals surface area contributed by atoms with Gasteiger partial charge in [0.25, 0.3) is 0 Å². The number of rotatable bonds is 4. The van der Waals surface area contributed by atoms with E-state index in [4.69, 9.17) is 10.00 Å². The number of nitrogens with one attached hydrogen (secondary N) is 1. The van der Waals surface area contributed by atoms with E-state index >= 15 is 0 Å². The minimum atomic E-state index is 0.680. The first-order chi connectivity index (χ1) is 8.72. The summed E-state index contributed by atoms with van der Waals surface area (Å²) in [6.07, 6.45) is 0. The van der Waals surface area contributed by atoms with Gasteiger partial charge in [0.15, 0.2) is 0 Å². The van der Waals surface area contributed by atoms with Crippen LogP contribution in [0.4, 0.5) is 5.69 Å². The van der Waals surface area contributed by atoms with Gasteiger partial charge in [-0.3, -0.25) is 0 Å². The molecule has 0 saturated heterocycles. The van der Waals surface area contributed by atoms with Gasteiger partial charge in [0.1, 0.15) is 16.7 Å². The maximum atomic E-state index is 8.77. The van der Waals surface area contributed by atoms with Gasteiger partial charge >= 0.3 is 0 Å². The summed E-state index contributed by atoms with van der Waals surface area (Å²) >= 11 is 4.92. The van der Waals surface area contributed by atoms with Crippen molar-refractivity contribution in [2.24, 2.45) is 0 Å². The van der Waals surface area contributed by atoms with E-state index in [0.717, 1.165) is 25.7 Å². The Labute approximate surface area is 118 Å². The van der Waals surface area contributed by atoms with E-state index < -0.39 is 0 Å². The van der Waals surface area contributed by atoms with Crippen LogP contribution in [0.15, 0.2) is 34.8 Å². The van der Waals surface area contributed by atoms with Crippen LogP contribution in [0.3, 0.4) is 0 Å². The van der Waals surface area contributed by atoms with Crippen LogP contribution in [0.25, 0.3) is 0 Å². The molecule has 0 spiro atoms. The number of nitrogens with zero attached hydrogens (tertiary/aromatic N) is 1. The molecule has 3 nitrogen and oxygen atoms in total. The van der Waals surface area contributed by atoms with E-state index in [2.05, 4.69) is 27.3 Å². The summed E-state index contributed by atoms with van der Waals surface area (Å²) in [4.78, 5) is 1.85. The molecule has 0 unspecified atom stereocenters. The van der Waals surface area contributed by atoms with E-state index in [1.165, 1.54) is 11.3 Å². The lowest BCUT2D eigenvalue weighted by atomic mass is 10.3. The molecule has 18 heavy (non-hydrogen) atoms.